The molecule has 2 saturated heterocycles. The number of hydrogen-bond donors (Lipinski definition) is 0. The minimum atomic E-state index is -3.45. The summed E-state index contributed by atoms with van der Waals surface area (Å²) in [5.41, 5.74) is 2.47. The predicted octanol–water partition coefficient (Wildman–Crippen LogP) is 1.74. The second-order valence-electron chi connectivity index (χ2n) is 8.55. The second kappa shape index (κ2) is 8.13. The van der Waals surface area contributed by atoms with Crippen molar-refractivity contribution in [3.63, 3.8) is 0 Å². The Morgan fingerprint density at radius 1 is 1.04 bits per heavy atom. The zero-order chi connectivity index (χ0) is 19.7. The van der Waals surface area contributed by atoms with Gasteiger partial charge in [0.1, 0.15) is 0 Å². The van der Waals surface area contributed by atoms with Crippen LogP contribution in [0.4, 0.5) is 0 Å². The Bertz CT molecular complexity index is 831. The van der Waals surface area contributed by atoms with E-state index in [9.17, 15) is 13.2 Å². The minimum absolute atomic E-state index is 0.182. The van der Waals surface area contributed by atoms with Gasteiger partial charge >= 0.3 is 0 Å². The van der Waals surface area contributed by atoms with Crippen molar-refractivity contribution in [2.45, 2.75) is 43.9 Å². The third-order valence-corrected chi connectivity index (χ3v) is 8.30. The number of aryl methyl sites for hydroxylation is 2. The number of carbonyl (C=O) groups excluding carboxylic acids is 1. The molecule has 3 aliphatic rings. The van der Waals surface area contributed by atoms with Gasteiger partial charge < -0.3 is 4.90 Å². The van der Waals surface area contributed by atoms with Gasteiger partial charge in [-0.15, -0.1) is 0 Å². The normalized spacial score (nSPS) is 24.3. The summed E-state index contributed by atoms with van der Waals surface area (Å²) in [5, 5.41) is 0. The van der Waals surface area contributed by atoms with E-state index in [0.29, 0.717) is 43.5 Å². The van der Waals surface area contributed by atoms with Crippen LogP contribution in [0.2, 0.25) is 0 Å². The van der Waals surface area contributed by atoms with E-state index in [2.05, 4.69) is 11.8 Å². The molecule has 1 atom stereocenters. The number of amides is 1. The molecule has 0 radical (unpaired) electrons. The Labute approximate surface area is 168 Å². The number of piperidine rings is 1. The summed E-state index contributed by atoms with van der Waals surface area (Å²) in [5.74, 6) is 0.758. The van der Waals surface area contributed by atoms with E-state index in [-0.39, 0.29) is 5.91 Å². The molecule has 154 valence electrons. The number of carbonyl (C=O) groups is 1. The standard InChI is InChI=1S/C21H31N3O3S/c1-17-4-3-9-23(15-17)21(25)16-22-10-12-24(13-11-22)28(26,27)20-8-7-18-5-2-6-19(18)14-20/h7-8,14,17H,2-6,9-13,15-16H2,1H3/t17-/m1/s1. The highest BCUT2D eigenvalue weighted by Crippen LogP contribution is 2.26. The zero-order valence-corrected chi connectivity index (χ0v) is 17.6. The molecular weight excluding hydrogens is 374 g/mol. The molecule has 1 amide bonds. The lowest BCUT2D eigenvalue weighted by molar-refractivity contribution is -0.134. The van der Waals surface area contributed by atoms with Crippen molar-refractivity contribution in [3.8, 4) is 0 Å². The molecule has 0 spiro atoms. The fraction of sp³-hybridized carbons (Fsp3) is 0.667. The molecule has 2 fully saturated rings. The van der Waals surface area contributed by atoms with Crippen molar-refractivity contribution in [2.24, 2.45) is 5.92 Å². The topological polar surface area (TPSA) is 60.9 Å². The maximum absolute atomic E-state index is 13.0. The molecule has 0 unspecified atom stereocenters. The molecule has 0 saturated carbocycles. The lowest BCUT2D eigenvalue weighted by atomic mass is 10.0. The summed E-state index contributed by atoms with van der Waals surface area (Å²) < 4.78 is 27.6. The summed E-state index contributed by atoms with van der Waals surface area (Å²) in [6.07, 6.45) is 5.42. The first-order chi connectivity index (χ1) is 13.4. The highest BCUT2D eigenvalue weighted by Gasteiger charge is 2.31. The van der Waals surface area contributed by atoms with Crippen molar-refractivity contribution in [1.29, 1.82) is 0 Å². The summed E-state index contributed by atoms with van der Waals surface area (Å²) in [7, 11) is -3.45. The molecule has 1 aromatic rings. The van der Waals surface area contributed by atoms with Crippen LogP contribution in [0.1, 0.15) is 37.3 Å². The number of nitrogens with zero attached hydrogens (tertiary/aromatic N) is 3. The average Bonchev–Trinajstić information content (AvgIpc) is 3.16. The van der Waals surface area contributed by atoms with Gasteiger partial charge in [0.2, 0.25) is 15.9 Å². The van der Waals surface area contributed by atoms with E-state index in [1.54, 1.807) is 10.4 Å². The van der Waals surface area contributed by atoms with Gasteiger partial charge in [-0.2, -0.15) is 4.31 Å². The Hall–Kier alpha value is -1.44. The number of benzene rings is 1. The van der Waals surface area contributed by atoms with Gasteiger partial charge in [-0.3, -0.25) is 9.69 Å². The van der Waals surface area contributed by atoms with Crippen LogP contribution in [0.25, 0.3) is 0 Å². The van der Waals surface area contributed by atoms with Crippen molar-refractivity contribution in [1.82, 2.24) is 14.1 Å². The maximum Gasteiger partial charge on any atom is 0.243 e. The van der Waals surface area contributed by atoms with E-state index in [1.807, 2.05) is 17.0 Å². The molecule has 7 heteroatoms. The first-order valence-corrected chi connectivity index (χ1v) is 12.0. The largest absolute Gasteiger partial charge is 0.341 e. The molecule has 1 aliphatic carbocycles. The molecule has 1 aromatic carbocycles. The molecule has 2 heterocycles. The Kier molecular flexibility index (Phi) is 5.76. The van der Waals surface area contributed by atoms with Crippen LogP contribution in [0.5, 0.6) is 0 Å². The smallest absolute Gasteiger partial charge is 0.243 e. The predicted molar refractivity (Wildman–Crippen MR) is 109 cm³/mol. The Balaban J connectivity index is 1.34. The van der Waals surface area contributed by atoms with Crippen molar-refractivity contribution in [3.05, 3.63) is 29.3 Å². The van der Waals surface area contributed by atoms with Crippen LogP contribution in [0.15, 0.2) is 23.1 Å². The SMILES string of the molecule is C[C@@H]1CCCN(C(=O)CN2CCN(S(=O)(=O)c3ccc4c(c3)CCC4)CC2)C1. The lowest BCUT2D eigenvalue weighted by Crippen LogP contribution is -2.52. The number of sulfonamides is 1. The highest BCUT2D eigenvalue weighted by atomic mass is 32.2. The van der Waals surface area contributed by atoms with E-state index < -0.39 is 10.0 Å². The molecule has 28 heavy (non-hydrogen) atoms. The fourth-order valence-electron chi connectivity index (χ4n) is 4.69. The second-order valence-corrected chi connectivity index (χ2v) is 10.5. The molecular formula is C21H31N3O3S. The molecule has 2 aliphatic heterocycles. The number of piperazine rings is 1. The third-order valence-electron chi connectivity index (χ3n) is 6.41. The van der Waals surface area contributed by atoms with Gasteiger partial charge in [0.05, 0.1) is 11.4 Å². The summed E-state index contributed by atoms with van der Waals surface area (Å²) in [6.45, 7) is 6.42. The summed E-state index contributed by atoms with van der Waals surface area (Å²) in [6, 6.07) is 5.60. The van der Waals surface area contributed by atoms with Gasteiger partial charge in [-0.1, -0.05) is 13.0 Å². The van der Waals surface area contributed by atoms with Gasteiger partial charge in [0.15, 0.2) is 0 Å². The molecule has 4 rings (SSSR count). The first kappa shape index (κ1) is 19.9. The van der Waals surface area contributed by atoms with Crippen molar-refractivity contribution >= 4 is 15.9 Å². The Morgan fingerprint density at radius 2 is 1.79 bits per heavy atom. The van der Waals surface area contributed by atoms with Crippen LogP contribution in [-0.2, 0) is 27.7 Å². The van der Waals surface area contributed by atoms with Crippen LogP contribution in [0.3, 0.4) is 0 Å². The summed E-state index contributed by atoms with van der Waals surface area (Å²) >= 11 is 0. The average molecular weight is 406 g/mol. The van der Waals surface area contributed by atoms with Crippen molar-refractivity contribution < 1.29 is 13.2 Å². The Morgan fingerprint density at radius 3 is 2.54 bits per heavy atom. The molecule has 0 bridgehead atoms. The van der Waals surface area contributed by atoms with Crippen LogP contribution < -0.4 is 0 Å². The van der Waals surface area contributed by atoms with Crippen LogP contribution in [0, 0.1) is 5.92 Å². The van der Waals surface area contributed by atoms with Crippen LogP contribution in [-0.4, -0.2) is 74.2 Å². The lowest BCUT2D eigenvalue weighted by Gasteiger charge is -2.36. The number of hydrogen-bond acceptors (Lipinski definition) is 4. The van der Waals surface area contributed by atoms with Gasteiger partial charge in [-0.25, -0.2) is 8.42 Å². The number of fused-ring (bicyclic) bond motifs is 1. The van der Waals surface area contributed by atoms with Gasteiger partial charge in [-0.05, 0) is 61.3 Å². The van der Waals surface area contributed by atoms with Gasteiger partial charge in [0, 0.05) is 39.3 Å². The van der Waals surface area contributed by atoms with Crippen molar-refractivity contribution in [2.75, 3.05) is 45.8 Å². The fourth-order valence-corrected chi connectivity index (χ4v) is 6.17. The monoisotopic (exact) mass is 405 g/mol. The van der Waals surface area contributed by atoms with Gasteiger partial charge in [0.25, 0.3) is 0 Å². The zero-order valence-electron chi connectivity index (χ0n) is 16.8. The first-order valence-electron chi connectivity index (χ1n) is 10.6. The molecule has 6 nitrogen and oxygen atoms in total. The molecule has 0 aromatic heterocycles. The highest BCUT2D eigenvalue weighted by molar-refractivity contribution is 7.89. The minimum Gasteiger partial charge on any atom is -0.341 e. The van der Waals surface area contributed by atoms with E-state index in [0.717, 1.165) is 38.8 Å². The van der Waals surface area contributed by atoms with E-state index >= 15 is 0 Å². The number of likely N-dealkylation sites (tertiary alicyclic amines) is 1. The third kappa shape index (κ3) is 4.11. The molecule has 0 N–H and O–H groups in total. The summed E-state index contributed by atoms with van der Waals surface area (Å²) in [4.78, 5) is 17.1. The van der Waals surface area contributed by atoms with E-state index in [4.69, 9.17) is 0 Å². The number of rotatable bonds is 4. The quantitative estimate of drug-likeness (QED) is 0.766. The van der Waals surface area contributed by atoms with E-state index in [1.165, 1.54) is 17.5 Å². The van der Waals surface area contributed by atoms with Crippen LogP contribution >= 0.6 is 0 Å². The maximum atomic E-state index is 13.0.